The van der Waals surface area contributed by atoms with Gasteiger partial charge in [0.15, 0.2) is 5.13 Å². The van der Waals surface area contributed by atoms with Gasteiger partial charge in [0.1, 0.15) is 6.04 Å². The lowest BCUT2D eigenvalue weighted by Crippen LogP contribution is -2.28. The fourth-order valence-corrected chi connectivity index (χ4v) is 3.38. The van der Waals surface area contributed by atoms with Crippen LogP contribution in [0.1, 0.15) is 22.0 Å². The second-order valence-corrected chi connectivity index (χ2v) is 7.31. The summed E-state index contributed by atoms with van der Waals surface area (Å²) in [6.45, 7) is 0. The quantitative estimate of drug-likeness (QED) is 0.546. The molecule has 0 spiro atoms. The van der Waals surface area contributed by atoms with E-state index in [0.29, 0.717) is 16.4 Å². The maximum atomic E-state index is 12.9. The fraction of sp³-hybridized carbons (Fsp3) is 0.105. The zero-order chi connectivity index (χ0) is 19.2. The Morgan fingerprint density at radius 3 is 2.63 bits per heavy atom. The van der Waals surface area contributed by atoms with Crippen LogP contribution in [0.4, 0.5) is 10.8 Å². The zero-order valence-corrected chi connectivity index (χ0v) is 16.7. The highest BCUT2D eigenvalue weighted by molar-refractivity contribution is 9.10. The second-order valence-electron chi connectivity index (χ2n) is 5.50. The molecule has 0 saturated heterocycles. The van der Waals surface area contributed by atoms with E-state index in [0.717, 1.165) is 10.0 Å². The lowest BCUT2D eigenvalue weighted by Gasteiger charge is -2.21. The Kier molecular flexibility index (Phi) is 6.20. The van der Waals surface area contributed by atoms with E-state index in [2.05, 4.69) is 31.5 Å². The number of thiazole rings is 1. The molecule has 0 aliphatic heterocycles. The van der Waals surface area contributed by atoms with Gasteiger partial charge in [-0.1, -0.05) is 46.3 Å². The third-order valence-corrected chi connectivity index (χ3v) is 4.93. The molecule has 2 N–H and O–H groups in total. The van der Waals surface area contributed by atoms with Crippen molar-refractivity contribution in [3.63, 3.8) is 0 Å². The van der Waals surface area contributed by atoms with Crippen LogP contribution < -0.4 is 10.6 Å². The number of carbonyl (C=O) groups excluding carboxylic acids is 2. The molecular formula is C19H16BrN3O3S. The molecule has 1 aromatic heterocycles. The van der Waals surface area contributed by atoms with E-state index >= 15 is 0 Å². The van der Waals surface area contributed by atoms with Crippen molar-refractivity contribution in [1.29, 1.82) is 0 Å². The molecule has 0 saturated carbocycles. The van der Waals surface area contributed by atoms with E-state index in [4.69, 9.17) is 4.74 Å². The Hall–Kier alpha value is -2.71. The summed E-state index contributed by atoms with van der Waals surface area (Å²) in [4.78, 5) is 29.1. The van der Waals surface area contributed by atoms with Crippen LogP contribution in [0.15, 0.2) is 64.6 Å². The van der Waals surface area contributed by atoms with E-state index in [-0.39, 0.29) is 5.91 Å². The van der Waals surface area contributed by atoms with Crippen LogP contribution in [0.25, 0.3) is 0 Å². The summed E-state index contributed by atoms with van der Waals surface area (Å²) in [5, 5.41) is 8.25. The first-order valence-corrected chi connectivity index (χ1v) is 9.65. The Morgan fingerprint density at radius 1 is 1.19 bits per heavy atom. The van der Waals surface area contributed by atoms with Crippen LogP contribution in [-0.4, -0.2) is 24.0 Å². The number of esters is 1. The number of nitrogens with zero attached hydrogens (tertiary/aromatic N) is 1. The van der Waals surface area contributed by atoms with E-state index < -0.39 is 12.0 Å². The summed E-state index contributed by atoms with van der Waals surface area (Å²) >= 11 is 4.68. The highest BCUT2D eigenvalue weighted by Gasteiger charge is 2.24. The molecule has 0 aliphatic carbocycles. The number of nitrogens with one attached hydrogen (secondary N) is 2. The molecule has 2 aromatic carbocycles. The van der Waals surface area contributed by atoms with Gasteiger partial charge in [-0.25, -0.2) is 9.78 Å². The van der Waals surface area contributed by atoms with Gasteiger partial charge in [0.25, 0.3) is 5.91 Å². The molecule has 3 aromatic rings. The lowest BCUT2D eigenvalue weighted by molar-refractivity contribution is -0.117. The Balaban J connectivity index is 1.95. The number of carbonyl (C=O) groups is 2. The Labute approximate surface area is 168 Å². The van der Waals surface area contributed by atoms with Crippen LogP contribution in [0, 0.1) is 0 Å². The third kappa shape index (κ3) is 4.72. The molecule has 0 fully saturated rings. The molecule has 27 heavy (non-hydrogen) atoms. The number of benzene rings is 2. The number of methoxy groups -OCH3 is 1. The SMILES string of the molecule is COC(=O)c1cc(Br)ccc1N[C@@H](C(=O)Nc1nccs1)c1ccccc1. The van der Waals surface area contributed by atoms with E-state index in [9.17, 15) is 9.59 Å². The largest absolute Gasteiger partial charge is 0.465 e. The summed E-state index contributed by atoms with van der Waals surface area (Å²) in [5.41, 5.74) is 1.58. The first-order valence-electron chi connectivity index (χ1n) is 7.98. The minimum absolute atomic E-state index is 0.283. The van der Waals surface area contributed by atoms with Crippen LogP contribution in [-0.2, 0) is 9.53 Å². The topological polar surface area (TPSA) is 80.3 Å². The maximum Gasteiger partial charge on any atom is 0.340 e. The summed E-state index contributed by atoms with van der Waals surface area (Å²) in [7, 11) is 1.32. The van der Waals surface area contributed by atoms with Crippen molar-refractivity contribution in [2.24, 2.45) is 0 Å². The molecule has 6 nitrogen and oxygen atoms in total. The van der Waals surface area contributed by atoms with Gasteiger partial charge in [-0.3, -0.25) is 10.1 Å². The molecule has 8 heteroatoms. The Morgan fingerprint density at radius 2 is 1.96 bits per heavy atom. The average Bonchev–Trinajstić information content (AvgIpc) is 3.19. The molecule has 0 bridgehead atoms. The first kappa shape index (κ1) is 19.1. The lowest BCUT2D eigenvalue weighted by atomic mass is 10.0. The summed E-state index contributed by atoms with van der Waals surface area (Å²) < 4.78 is 5.59. The number of hydrogen-bond acceptors (Lipinski definition) is 6. The maximum absolute atomic E-state index is 12.9. The molecule has 1 heterocycles. The molecule has 3 rings (SSSR count). The van der Waals surface area contributed by atoms with Crippen molar-refractivity contribution >= 4 is 50.0 Å². The molecule has 1 atom stereocenters. The van der Waals surface area contributed by atoms with E-state index in [1.807, 2.05) is 30.3 Å². The van der Waals surface area contributed by atoms with E-state index in [1.165, 1.54) is 18.4 Å². The molecule has 1 amide bonds. The number of aromatic nitrogens is 1. The predicted molar refractivity (Wildman–Crippen MR) is 109 cm³/mol. The summed E-state index contributed by atoms with van der Waals surface area (Å²) in [6.07, 6.45) is 1.62. The monoisotopic (exact) mass is 445 g/mol. The van der Waals surface area contributed by atoms with E-state index in [1.54, 1.807) is 29.8 Å². The third-order valence-electron chi connectivity index (χ3n) is 3.74. The van der Waals surface area contributed by atoms with Gasteiger partial charge in [0.05, 0.1) is 12.7 Å². The van der Waals surface area contributed by atoms with Gasteiger partial charge in [-0.05, 0) is 23.8 Å². The molecular weight excluding hydrogens is 430 g/mol. The van der Waals surface area contributed by atoms with Gasteiger partial charge in [0.2, 0.25) is 0 Å². The predicted octanol–water partition coefficient (Wildman–Crippen LogP) is 4.48. The summed E-state index contributed by atoms with van der Waals surface area (Å²) in [6, 6.07) is 13.7. The molecule has 0 unspecified atom stereocenters. The van der Waals surface area contributed by atoms with Crippen LogP contribution in [0.5, 0.6) is 0 Å². The Bertz CT molecular complexity index is 933. The standard InChI is InChI=1S/C19H16BrN3O3S/c1-26-18(25)14-11-13(20)7-8-15(14)22-16(12-5-3-2-4-6-12)17(24)23-19-21-9-10-27-19/h2-11,16,22H,1H3,(H,21,23,24)/t16-/m1/s1. The van der Waals surface area contributed by atoms with Crippen molar-refractivity contribution in [2.75, 3.05) is 17.7 Å². The van der Waals surface area contributed by atoms with Crippen molar-refractivity contribution in [3.05, 3.63) is 75.7 Å². The van der Waals surface area contributed by atoms with Crippen LogP contribution >= 0.6 is 27.3 Å². The zero-order valence-electron chi connectivity index (χ0n) is 14.3. The van der Waals surface area contributed by atoms with Crippen molar-refractivity contribution < 1.29 is 14.3 Å². The number of halogens is 1. The molecule has 0 radical (unpaired) electrons. The van der Waals surface area contributed by atoms with Gasteiger partial charge >= 0.3 is 5.97 Å². The number of rotatable bonds is 6. The summed E-state index contributed by atoms with van der Waals surface area (Å²) in [5.74, 6) is -0.777. The number of amides is 1. The van der Waals surface area contributed by atoms with Crippen LogP contribution in [0.2, 0.25) is 0 Å². The average molecular weight is 446 g/mol. The van der Waals surface area contributed by atoms with Crippen molar-refractivity contribution in [3.8, 4) is 0 Å². The van der Waals surface area contributed by atoms with Crippen LogP contribution in [0.3, 0.4) is 0 Å². The van der Waals surface area contributed by atoms with Gasteiger partial charge in [-0.15, -0.1) is 11.3 Å². The van der Waals surface area contributed by atoms with Gasteiger partial charge in [0, 0.05) is 21.7 Å². The van der Waals surface area contributed by atoms with Crippen molar-refractivity contribution in [2.45, 2.75) is 6.04 Å². The smallest absolute Gasteiger partial charge is 0.340 e. The number of anilines is 2. The second kappa shape index (κ2) is 8.79. The molecule has 138 valence electrons. The highest BCUT2D eigenvalue weighted by Crippen LogP contribution is 2.27. The highest BCUT2D eigenvalue weighted by atomic mass is 79.9. The molecule has 0 aliphatic rings. The normalized spacial score (nSPS) is 11.5. The van der Waals surface area contributed by atoms with Gasteiger partial charge in [-0.2, -0.15) is 0 Å². The minimum atomic E-state index is -0.723. The van der Waals surface area contributed by atoms with Crippen molar-refractivity contribution in [1.82, 2.24) is 4.98 Å². The number of ether oxygens (including phenoxy) is 1. The minimum Gasteiger partial charge on any atom is -0.465 e. The first-order chi connectivity index (χ1) is 13.1. The fourth-order valence-electron chi connectivity index (χ4n) is 2.49. The number of hydrogen-bond donors (Lipinski definition) is 2. The van der Waals surface area contributed by atoms with Gasteiger partial charge < -0.3 is 10.1 Å².